The smallest absolute Gasteiger partial charge is 0.187 e. The van der Waals surface area contributed by atoms with Crippen LogP contribution in [0.2, 0.25) is 5.02 Å². The molecule has 0 spiro atoms. The molecule has 96 valence electrons. The van der Waals surface area contributed by atoms with Gasteiger partial charge in [0.2, 0.25) is 0 Å². The van der Waals surface area contributed by atoms with Crippen LogP contribution in [0.3, 0.4) is 0 Å². The molecule has 0 amide bonds. The van der Waals surface area contributed by atoms with E-state index in [0.29, 0.717) is 23.8 Å². The van der Waals surface area contributed by atoms with Gasteiger partial charge in [-0.1, -0.05) is 23.7 Å². The number of aryl methyl sites for hydroxylation is 1. The monoisotopic (exact) mass is 258 g/mol. The molecule has 1 aromatic rings. The van der Waals surface area contributed by atoms with Gasteiger partial charge in [-0.15, -0.1) is 0 Å². The zero-order valence-electron chi connectivity index (χ0n) is 10.4. The summed E-state index contributed by atoms with van der Waals surface area (Å²) in [6.07, 6.45) is -1.48. The van der Waals surface area contributed by atoms with Gasteiger partial charge < -0.3 is 14.6 Å². The molecular weight excluding hydrogens is 240 g/mol. The van der Waals surface area contributed by atoms with Crippen molar-refractivity contribution in [1.82, 2.24) is 0 Å². The molecule has 1 unspecified atom stereocenters. The Morgan fingerprint density at radius 1 is 1.24 bits per heavy atom. The van der Waals surface area contributed by atoms with E-state index in [2.05, 4.69) is 0 Å². The van der Waals surface area contributed by atoms with E-state index in [1.165, 1.54) is 0 Å². The van der Waals surface area contributed by atoms with E-state index in [4.69, 9.17) is 21.1 Å². The Bertz CT molecular complexity index is 349. The summed E-state index contributed by atoms with van der Waals surface area (Å²) >= 11 is 6.02. The molecule has 0 bridgehead atoms. The molecule has 4 heteroatoms. The van der Waals surface area contributed by atoms with E-state index in [0.717, 1.165) is 5.56 Å². The number of rotatable bonds is 6. The van der Waals surface area contributed by atoms with Crippen molar-refractivity contribution in [3.05, 3.63) is 34.3 Å². The average molecular weight is 259 g/mol. The lowest BCUT2D eigenvalue weighted by molar-refractivity contribution is -0.191. The van der Waals surface area contributed by atoms with Crippen molar-refractivity contribution in [2.75, 3.05) is 13.2 Å². The van der Waals surface area contributed by atoms with Crippen molar-refractivity contribution in [1.29, 1.82) is 0 Å². The molecule has 0 aliphatic rings. The molecule has 0 aliphatic carbocycles. The molecule has 0 saturated heterocycles. The van der Waals surface area contributed by atoms with Crippen LogP contribution in [0, 0.1) is 6.92 Å². The molecule has 17 heavy (non-hydrogen) atoms. The van der Waals surface area contributed by atoms with Crippen LogP contribution in [0.25, 0.3) is 0 Å². The summed E-state index contributed by atoms with van der Waals surface area (Å²) < 4.78 is 10.7. The fraction of sp³-hybridized carbons (Fsp3) is 0.538. The molecule has 0 aromatic heterocycles. The highest BCUT2D eigenvalue weighted by atomic mass is 35.5. The zero-order valence-corrected chi connectivity index (χ0v) is 11.2. The minimum atomic E-state index is -0.826. The Kier molecular flexibility index (Phi) is 5.92. The van der Waals surface area contributed by atoms with Gasteiger partial charge in [0.15, 0.2) is 6.29 Å². The van der Waals surface area contributed by atoms with Crippen molar-refractivity contribution in [2.45, 2.75) is 33.2 Å². The fourth-order valence-electron chi connectivity index (χ4n) is 1.51. The predicted molar refractivity (Wildman–Crippen MR) is 68.2 cm³/mol. The van der Waals surface area contributed by atoms with Gasteiger partial charge in [-0.05, 0) is 38.0 Å². The largest absolute Gasteiger partial charge is 0.383 e. The summed E-state index contributed by atoms with van der Waals surface area (Å²) in [5.74, 6) is 0. The molecule has 0 heterocycles. The van der Waals surface area contributed by atoms with Crippen molar-refractivity contribution >= 4 is 11.6 Å². The lowest BCUT2D eigenvalue weighted by atomic mass is 10.1. The molecule has 3 nitrogen and oxygen atoms in total. The third-order valence-corrected chi connectivity index (χ3v) is 2.86. The van der Waals surface area contributed by atoms with Crippen molar-refractivity contribution < 1.29 is 14.6 Å². The van der Waals surface area contributed by atoms with E-state index in [9.17, 15) is 5.11 Å². The third-order valence-electron chi connectivity index (χ3n) is 2.46. The molecule has 1 aromatic carbocycles. The first-order valence-corrected chi connectivity index (χ1v) is 6.15. The molecule has 0 fully saturated rings. The molecule has 0 radical (unpaired) electrons. The summed E-state index contributed by atoms with van der Waals surface area (Å²) in [7, 11) is 0. The van der Waals surface area contributed by atoms with Crippen LogP contribution < -0.4 is 0 Å². The van der Waals surface area contributed by atoms with Crippen LogP contribution in [0.15, 0.2) is 18.2 Å². The van der Waals surface area contributed by atoms with Crippen LogP contribution in [-0.4, -0.2) is 24.6 Å². The minimum Gasteiger partial charge on any atom is -0.383 e. The van der Waals surface area contributed by atoms with Gasteiger partial charge in [0.25, 0.3) is 0 Å². The highest BCUT2D eigenvalue weighted by molar-refractivity contribution is 6.31. The zero-order chi connectivity index (χ0) is 12.8. The van der Waals surface area contributed by atoms with Gasteiger partial charge in [-0.2, -0.15) is 0 Å². The lowest BCUT2D eigenvalue weighted by Crippen LogP contribution is -2.25. The van der Waals surface area contributed by atoms with Gasteiger partial charge in [0.1, 0.15) is 6.10 Å². The second kappa shape index (κ2) is 6.97. The maximum Gasteiger partial charge on any atom is 0.187 e. The highest BCUT2D eigenvalue weighted by Crippen LogP contribution is 2.25. The molecule has 1 atom stereocenters. The average Bonchev–Trinajstić information content (AvgIpc) is 2.31. The predicted octanol–water partition coefficient (Wildman–Crippen LogP) is 3.08. The second-order valence-electron chi connectivity index (χ2n) is 3.73. The number of hydrogen-bond acceptors (Lipinski definition) is 3. The Morgan fingerprint density at radius 3 is 2.29 bits per heavy atom. The van der Waals surface area contributed by atoms with E-state index in [1.54, 1.807) is 6.07 Å². The van der Waals surface area contributed by atoms with Crippen molar-refractivity contribution in [3.63, 3.8) is 0 Å². The first-order chi connectivity index (χ1) is 8.10. The van der Waals surface area contributed by atoms with Gasteiger partial charge >= 0.3 is 0 Å². The van der Waals surface area contributed by atoms with Gasteiger partial charge in [-0.25, -0.2) is 0 Å². The van der Waals surface area contributed by atoms with E-state index in [-0.39, 0.29) is 0 Å². The first kappa shape index (κ1) is 14.5. The second-order valence-corrected chi connectivity index (χ2v) is 4.14. The number of halogens is 1. The van der Waals surface area contributed by atoms with E-state index < -0.39 is 12.4 Å². The van der Waals surface area contributed by atoms with Crippen LogP contribution in [0.4, 0.5) is 0 Å². The van der Waals surface area contributed by atoms with Crippen molar-refractivity contribution in [3.8, 4) is 0 Å². The Hall–Kier alpha value is -0.610. The van der Waals surface area contributed by atoms with E-state index >= 15 is 0 Å². The number of benzene rings is 1. The summed E-state index contributed by atoms with van der Waals surface area (Å²) in [5.41, 5.74) is 1.68. The SMILES string of the molecule is CCOC(OCC)C(O)c1ccc(C)c(Cl)c1. The highest BCUT2D eigenvalue weighted by Gasteiger charge is 2.21. The standard InChI is InChI=1S/C13H19ClO3/c1-4-16-13(17-5-2)12(15)10-7-6-9(3)11(14)8-10/h6-8,12-13,15H,4-5H2,1-3H3. The lowest BCUT2D eigenvalue weighted by Gasteiger charge is -2.23. The minimum absolute atomic E-state index is 0.487. The number of ether oxygens (including phenoxy) is 2. The van der Waals surface area contributed by atoms with Gasteiger partial charge in [-0.3, -0.25) is 0 Å². The summed E-state index contributed by atoms with van der Waals surface area (Å²) in [5, 5.41) is 10.8. The quantitative estimate of drug-likeness (QED) is 0.797. The van der Waals surface area contributed by atoms with E-state index in [1.807, 2.05) is 32.9 Å². The maximum absolute atomic E-state index is 10.1. The molecule has 0 saturated carbocycles. The van der Waals surface area contributed by atoms with Crippen LogP contribution in [-0.2, 0) is 9.47 Å². The normalized spacial score (nSPS) is 13.1. The van der Waals surface area contributed by atoms with Crippen LogP contribution in [0.5, 0.6) is 0 Å². The fourth-order valence-corrected chi connectivity index (χ4v) is 1.70. The Balaban J connectivity index is 2.84. The Labute approximate surface area is 107 Å². The van der Waals surface area contributed by atoms with Gasteiger partial charge in [0.05, 0.1) is 0 Å². The molecule has 1 N–H and O–H groups in total. The van der Waals surface area contributed by atoms with Crippen molar-refractivity contribution in [2.24, 2.45) is 0 Å². The number of hydrogen-bond donors (Lipinski definition) is 1. The van der Waals surface area contributed by atoms with Gasteiger partial charge in [0, 0.05) is 18.2 Å². The Morgan fingerprint density at radius 2 is 1.82 bits per heavy atom. The number of aliphatic hydroxyl groups excluding tert-OH is 1. The molecular formula is C13H19ClO3. The molecule has 1 rings (SSSR count). The van der Waals surface area contributed by atoms with Crippen LogP contribution in [0.1, 0.15) is 31.1 Å². The summed E-state index contributed by atoms with van der Waals surface area (Å²) in [4.78, 5) is 0. The number of aliphatic hydroxyl groups is 1. The molecule has 0 aliphatic heterocycles. The first-order valence-electron chi connectivity index (χ1n) is 5.77. The summed E-state index contributed by atoms with van der Waals surface area (Å²) in [6, 6.07) is 5.44. The maximum atomic E-state index is 10.1. The van der Waals surface area contributed by atoms with Crippen LogP contribution >= 0.6 is 11.6 Å². The third kappa shape index (κ3) is 3.96. The topological polar surface area (TPSA) is 38.7 Å². The summed E-state index contributed by atoms with van der Waals surface area (Å²) in [6.45, 7) is 6.62.